The molecule has 2 aromatic heterocycles. The molecular formula is C13H20N4O3S. The third-order valence-corrected chi connectivity index (χ3v) is 4.85. The van der Waals surface area contributed by atoms with E-state index in [9.17, 15) is 8.42 Å². The van der Waals surface area contributed by atoms with E-state index >= 15 is 0 Å². The van der Waals surface area contributed by atoms with Crippen LogP contribution in [-0.4, -0.2) is 24.7 Å². The topological polar surface area (TPSA) is 103 Å². The highest BCUT2D eigenvalue weighted by atomic mass is 32.2. The zero-order valence-corrected chi connectivity index (χ0v) is 13.2. The highest BCUT2D eigenvalue weighted by molar-refractivity contribution is 7.89. The Labute approximate surface area is 124 Å². The predicted octanol–water partition coefficient (Wildman–Crippen LogP) is 0.839. The smallest absolute Gasteiger partial charge is 0.244 e. The summed E-state index contributed by atoms with van der Waals surface area (Å²) >= 11 is 0. The van der Waals surface area contributed by atoms with E-state index in [0.717, 1.165) is 5.56 Å². The van der Waals surface area contributed by atoms with Crippen LogP contribution in [0.15, 0.2) is 21.7 Å². The van der Waals surface area contributed by atoms with E-state index in [1.165, 1.54) is 0 Å². The Balaban J connectivity index is 2.12. The lowest BCUT2D eigenvalue weighted by Crippen LogP contribution is -2.28. The molecule has 116 valence electrons. The fourth-order valence-electron chi connectivity index (χ4n) is 2.25. The molecule has 0 spiro atoms. The molecule has 0 radical (unpaired) electrons. The third kappa shape index (κ3) is 3.34. The molecular weight excluding hydrogens is 292 g/mol. The maximum atomic E-state index is 12.4. The number of rotatable bonds is 6. The Bertz CT molecular complexity index is 731. The molecule has 2 rings (SSSR count). The first-order valence-corrected chi connectivity index (χ1v) is 8.11. The van der Waals surface area contributed by atoms with Crippen LogP contribution in [0.3, 0.4) is 0 Å². The number of hydrogen-bond acceptors (Lipinski definition) is 5. The van der Waals surface area contributed by atoms with Gasteiger partial charge in [0.05, 0.1) is 12.7 Å². The van der Waals surface area contributed by atoms with Crippen molar-refractivity contribution in [2.24, 2.45) is 5.73 Å². The molecule has 0 atom stereocenters. The monoisotopic (exact) mass is 312 g/mol. The fraction of sp³-hybridized carbons (Fsp3) is 0.462. The van der Waals surface area contributed by atoms with E-state index in [1.54, 1.807) is 24.7 Å². The molecule has 0 saturated heterocycles. The second-order valence-electron chi connectivity index (χ2n) is 4.90. The molecule has 0 aliphatic rings. The van der Waals surface area contributed by atoms with Crippen molar-refractivity contribution in [1.29, 1.82) is 0 Å². The molecule has 0 bridgehead atoms. The van der Waals surface area contributed by atoms with Gasteiger partial charge < -0.3 is 10.2 Å². The molecule has 0 saturated carbocycles. The lowest BCUT2D eigenvalue weighted by Gasteiger charge is -2.08. The maximum Gasteiger partial charge on any atom is 0.244 e. The number of hydrogen-bond donors (Lipinski definition) is 2. The number of nitrogens with one attached hydrogen (secondary N) is 1. The summed E-state index contributed by atoms with van der Waals surface area (Å²) in [6, 6.07) is 0. The lowest BCUT2D eigenvalue weighted by atomic mass is 10.2. The molecule has 8 heteroatoms. The van der Waals surface area contributed by atoms with Crippen molar-refractivity contribution in [3.63, 3.8) is 0 Å². The van der Waals surface area contributed by atoms with Crippen molar-refractivity contribution in [1.82, 2.24) is 14.5 Å². The van der Waals surface area contributed by atoms with Gasteiger partial charge in [0.2, 0.25) is 10.0 Å². The number of nitrogens with two attached hydrogens (primary N) is 1. The quantitative estimate of drug-likeness (QED) is 0.822. The molecule has 2 aromatic rings. The Kier molecular flexibility index (Phi) is 4.50. The number of aryl methyl sites for hydroxylation is 3. The van der Waals surface area contributed by atoms with Crippen LogP contribution in [0, 0.1) is 20.8 Å². The maximum absolute atomic E-state index is 12.4. The van der Waals surface area contributed by atoms with Crippen molar-refractivity contribution in [3.8, 4) is 0 Å². The van der Waals surface area contributed by atoms with Gasteiger partial charge in [-0.25, -0.2) is 13.1 Å². The van der Waals surface area contributed by atoms with Gasteiger partial charge in [-0.2, -0.15) is 5.10 Å². The van der Waals surface area contributed by atoms with Gasteiger partial charge in [0, 0.05) is 24.8 Å². The van der Waals surface area contributed by atoms with E-state index in [4.69, 9.17) is 10.2 Å². The molecule has 3 N–H and O–H groups in total. The van der Waals surface area contributed by atoms with Crippen molar-refractivity contribution < 1.29 is 12.8 Å². The van der Waals surface area contributed by atoms with Crippen molar-refractivity contribution >= 4 is 10.0 Å². The van der Waals surface area contributed by atoms with Gasteiger partial charge in [-0.1, -0.05) is 0 Å². The van der Waals surface area contributed by atoms with Gasteiger partial charge in [-0.3, -0.25) is 4.68 Å². The molecule has 21 heavy (non-hydrogen) atoms. The fourth-order valence-corrected chi connectivity index (χ4v) is 3.73. The number of furan rings is 1. The third-order valence-electron chi connectivity index (χ3n) is 3.19. The Morgan fingerprint density at radius 2 is 2.05 bits per heavy atom. The summed E-state index contributed by atoms with van der Waals surface area (Å²) < 4.78 is 34.4. The average Bonchev–Trinajstić information content (AvgIpc) is 2.92. The Morgan fingerprint density at radius 1 is 1.33 bits per heavy atom. The summed E-state index contributed by atoms with van der Waals surface area (Å²) in [5.74, 6) is 0.897. The molecule has 0 amide bonds. The molecule has 2 heterocycles. The average molecular weight is 312 g/mol. The summed E-state index contributed by atoms with van der Waals surface area (Å²) in [6.45, 7) is 6.09. The summed E-state index contributed by atoms with van der Waals surface area (Å²) in [7, 11) is -3.64. The van der Waals surface area contributed by atoms with Crippen LogP contribution >= 0.6 is 0 Å². The number of nitrogens with zero attached hydrogens (tertiary/aromatic N) is 2. The van der Waals surface area contributed by atoms with Crippen LogP contribution in [-0.2, 0) is 23.1 Å². The van der Waals surface area contributed by atoms with E-state index in [0.29, 0.717) is 23.6 Å². The zero-order valence-electron chi connectivity index (χ0n) is 12.4. The molecule has 0 unspecified atom stereocenters. The van der Waals surface area contributed by atoms with Gasteiger partial charge in [0.1, 0.15) is 16.4 Å². The molecule has 0 aromatic carbocycles. The molecule has 7 nitrogen and oxygen atoms in total. The highest BCUT2D eigenvalue weighted by Crippen LogP contribution is 2.25. The minimum absolute atomic E-state index is 0.123. The van der Waals surface area contributed by atoms with Crippen LogP contribution in [0.4, 0.5) is 0 Å². The largest absolute Gasteiger partial charge is 0.465 e. The SMILES string of the molecule is Cc1cnn(CCNS(=O)(=O)c2c(C)oc(C)c2CN)c1. The zero-order chi connectivity index (χ0) is 15.6. The van der Waals surface area contributed by atoms with E-state index in [1.807, 2.05) is 13.1 Å². The van der Waals surface area contributed by atoms with Crippen molar-refractivity contribution in [2.75, 3.05) is 6.54 Å². The normalized spacial score (nSPS) is 12.0. The predicted molar refractivity (Wildman–Crippen MR) is 78.2 cm³/mol. The Morgan fingerprint density at radius 3 is 2.62 bits per heavy atom. The van der Waals surface area contributed by atoms with Gasteiger partial charge in [0.25, 0.3) is 0 Å². The van der Waals surface area contributed by atoms with Crippen molar-refractivity contribution in [3.05, 3.63) is 35.0 Å². The van der Waals surface area contributed by atoms with E-state index < -0.39 is 10.0 Å². The van der Waals surface area contributed by atoms with Crippen LogP contribution < -0.4 is 10.5 Å². The minimum atomic E-state index is -3.64. The van der Waals surface area contributed by atoms with Crippen LogP contribution in [0.1, 0.15) is 22.6 Å². The van der Waals surface area contributed by atoms with Gasteiger partial charge in [0.15, 0.2) is 0 Å². The lowest BCUT2D eigenvalue weighted by molar-refractivity contribution is 0.493. The second-order valence-corrected chi connectivity index (χ2v) is 6.61. The van der Waals surface area contributed by atoms with Crippen LogP contribution in [0.25, 0.3) is 0 Å². The van der Waals surface area contributed by atoms with Gasteiger partial charge >= 0.3 is 0 Å². The Hall–Kier alpha value is -1.64. The first-order valence-electron chi connectivity index (χ1n) is 6.63. The number of aromatic nitrogens is 2. The molecule has 0 aliphatic heterocycles. The molecule has 0 fully saturated rings. The standard InChI is InChI=1S/C13H20N4O3S/c1-9-7-15-17(8-9)5-4-16-21(18,19)13-11(3)20-10(2)12(13)6-14/h7-8,16H,4-6,14H2,1-3H3. The first kappa shape index (κ1) is 15.7. The highest BCUT2D eigenvalue weighted by Gasteiger charge is 2.25. The molecule has 0 aliphatic carbocycles. The number of sulfonamides is 1. The van der Waals surface area contributed by atoms with E-state index in [2.05, 4.69) is 9.82 Å². The van der Waals surface area contributed by atoms with Crippen LogP contribution in [0.2, 0.25) is 0 Å². The van der Waals surface area contributed by atoms with Crippen molar-refractivity contribution in [2.45, 2.75) is 38.8 Å². The van der Waals surface area contributed by atoms with Gasteiger partial charge in [-0.15, -0.1) is 0 Å². The summed E-state index contributed by atoms with van der Waals surface area (Å²) in [4.78, 5) is 0.152. The second kappa shape index (κ2) is 6.00. The van der Waals surface area contributed by atoms with E-state index in [-0.39, 0.29) is 18.0 Å². The van der Waals surface area contributed by atoms with Gasteiger partial charge in [-0.05, 0) is 26.3 Å². The minimum Gasteiger partial charge on any atom is -0.465 e. The summed E-state index contributed by atoms with van der Waals surface area (Å²) in [5, 5.41) is 4.11. The first-order chi connectivity index (χ1) is 9.85. The summed E-state index contributed by atoms with van der Waals surface area (Å²) in [5.41, 5.74) is 7.17. The van der Waals surface area contributed by atoms with Crippen LogP contribution in [0.5, 0.6) is 0 Å². The summed E-state index contributed by atoms with van der Waals surface area (Å²) in [6.07, 6.45) is 3.58.